The summed E-state index contributed by atoms with van der Waals surface area (Å²) in [5, 5.41) is 0. The fraction of sp³-hybridized carbons (Fsp3) is 0.462. The minimum Gasteiger partial charge on any atom is -0.493 e. The van der Waals surface area contributed by atoms with Crippen LogP contribution in [0.15, 0.2) is 16.6 Å². The molecule has 1 heterocycles. The van der Waals surface area contributed by atoms with Crippen LogP contribution >= 0.6 is 27.7 Å². The molecule has 4 nitrogen and oxygen atoms in total. The first-order chi connectivity index (χ1) is 9.11. The van der Waals surface area contributed by atoms with Crippen molar-refractivity contribution in [3.63, 3.8) is 0 Å². The van der Waals surface area contributed by atoms with Crippen molar-refractivity contribution < 1.29 is 14.3 Å². The maximum atomic E-state index is 11.2. The van der Waals surface area contributed by atoms with E-state index in [4.69, 9.17) is 10.5 Å². The molecule has 0 amide bonds. The van der Waals surface area contributed by atoms with Crippen LogP contribution < -0.4 is 10.5 Å². The number of hydrogen-bond donors (Lipinski definition) is 1. The van der Waals surface area contributed by atoms with Gasteiger partial charge in [-0.1, -0.05) is 15.9 Å². The largest absolute Gasteiger partial charge is 0.493 e. The molecule has 1 atom stereocenters. The van der Waals surface area contributed by atoms with Crippen LogP contribution in [0.5, 0.6) is 5.75 Å². The predicted molar refractivity (Wildman–Crippen MR) is 79.5 cm³/mol. The second kappa shape index (κ2) is 6.63. The van der Waals surface area contributed by atoms with Crippen molar-refractivity contribution >= 4 is 33.7 Å². The van der Waals surface area contributed by atoms with Crippen LogP contribution in [0.1, 0.15) is 11.1 Å². The average molecular weight is 346 g/mol. The van der Waals surface area contributed by atoms with Crippen molar-refractivity contribution in [3.8, 4) is 5.75 Å². The minimum atomic E-state index is -0.573. The second-order valence-corrected chi connectivity index (χ2v) is 6.24. The molecule has 2 rings (SSSR count). The molecule has 2 N–H and O–H groups in total. The number of rotatable bonds is 5. The first-order valence-electron chi connectivity index (χ1n) is 5.97. The number of halogens is 1. The molecule has 0 bridgehead atoms. The van der Waals surface area contributed by atoms with Crippen molar-refractivity contribution in [2.24, 2.45) is 5.73 Å². The molecular weight excluding hydrogens is 330 g/mol. The molecular formula is C13H16BrNO3S. The Morgan fingerprint density at radius 2 is 2.42 bits per heavy atom. The van der Waals surface area contributed by atoms with Gasteiger partial charge in [-0.2, -0.15) is 11.8 Å². The van der Waals surface area contributed by atoms with E-state index < -0.39 is 6.04 Å². The third-order valence-corrected chi connectivity index (χ3v) is 4.45. The number of ether oxygens (including phenoxy) is 2. The fourth-order valence-electron chi connectivity index (χ4n) is 1.97. The number of fused-ring (bicyclic) bond motifs is 1. The predicted octanol–water partition coefficient (Wildman–Crippen LogP) is 2.12. The zero-order chi connectivity index (χ0) is 13.8. The van der Waals surface area contributed by atoms with Crippen molar-refractivity contribution in [3.05, 3.63) is 27.7 Å². The first-order valence-corrected chi connectivity index (χ1v) is 7.92. The topological polar surface area (TPSA) is 61.5 Å². The van der Waals surface area contributed by atoms with Gasteiger partial charge in [0.15, 0.2) is 0 Å². The fourth-order valence-corrected chi connectivity index (χ4v) is 3.46. The van der Waals surface area contributed by atoms with E-state index in [0.717, 1.165) is 34.6 Å². The van der Waals surface area contributed by atoms with Gasteiger partial charge in [0, 0.05) is 28.0 Å². The summed E-state index contributed by atoms with van der Waals surface area (Å²) in [6.07, 6.45) is 0.952. The Kier molecular flexibility index (Phi) is 5.13. The zero-order valence-electron chi connectivity index (χ0n) is 10.6. The van der Waals surface area contributed by atoms with Crippen LogP contribution in [-0.2, 0) is 21.7 Å². The highest BCUT2D eigenvalue weighted by Gasteiger charge is 2.18. The molecule has 0 saturated heterocycles. The summed E-state index contributed by atoms with van der Waals surface area (Å²) >= 11 is 5.11. The number of benzene rings is 1. The summed E-state index contributed by atoms with van der Waals surface area (Å²) in [6, 6.07) is 3.58. The number of hydrogen-bond acceptors (Lipinski definition) is 5. The number of carbonyl (C=O) groups is 1. The highest BCUT2D eigenvalue weighted by Crippen LogP contribution is 2.35. The summed E-state index contributed by atoms with van der Waals surface area (Å²) in [7, 11) is 1.35. The van der Waals surface area contributed by atoms with Gasteiger partial charge in [0.25, 0.3) is 0 Å². The van der Waals surface area contributed by atoms with Gasteiger partial charge in [0.1, 0.15) is 11.8 Å². The van der Waals surface area contributed by atoms with Crippen LogP contribution in [0.4, 0.5) is 0 Å². The number of methoxy groups -OCH3 is 1. The Morgan fingerprint density at radius 3 is 3.16 bits per heavy atom. The van der Waals surface area contributed by atoms with Gasteiger partial charge in [-0.05, 0) is 17.7 Å². The first kappa shape index (κ1) is 14.7. The Balaban J connectivity index is 1.95. The van der Waals surface area contributed by atoms with E-state index in [1.165, 1.54) is 12.7 Å². The van der Waals surface area contributed by atoms with E-state index in [0.29, 0.717) is 5.75 Å². The Hall–Kier alpha value is -0.720. The molecule has 1 aliphatic rings. The number of nitrogens with two attached hydrogens (primary N) is 1. The van der Waals surface area contributed by atoms with Gasteiger partial charge in [0.05, 0.1) is 13.7 Å². The van der Waals surface area contributed by atoms with Crippen LogP contribution in [0.3, 0.4) is 0 Å². The van der Waals surface area contributed by atoms with Gasteiger partial charge in [-0.3, -0.25) is 4.79 Å². The summed E-state index contributed by atoms with van der Waals surface area (Å²) in [4.78, 5) is 11.2. The average Bonchev–Trinajstić information content (AvgIpc) is 2.85. The molecule has 0 radical (unpaired) electrons. The summed E-state index contributed by atoms with van der Waals surface area (Å²) in [5.41, 5.74) is 8.08. The lowest BCUT2D eigenvalue weighted by Crippen LogP contribution is -2.33. The molecule has 0 aliphatic carbocycles. The van der Waals surface area contributed by atoms with Crippen LogP contribution in [0, 0.1) is 0 Å². The number of esters is 1. The van der Waals surface area contributed by atoms with E-state index in [1.807, 2.05) is 0 Å². The van der Waals surface area contributed by atoms with Gasteiger partial charge in [0.2, 0.25) is 0 Å². The van der Waals surface area contributed by atoms with Crippen molar-refractivity contribution in [2.45, 2.75) is 18.2 Å². The Labute approximate surface area is 125 Å². The SMILES string of the molecule is COC(=O)C(N)CSCc1cc(Br)cc2c1OCC2. The van der Waals surface area contributed by atoms with Crippen LogP contribution in [-0.4, -0.2) is 31.5 Å². The summed E-state index contributed by atoms with van der Waals surface area (Å²) < 4.78 is 11.3. The Morgan fingerprint density at radius 1 is 1.63 bits per heavy atom. The lowest BCUT2D eigenvalue weighted by molar-refractivity contribution is -0.141. The van der Waals surface area contributed by atoms with Gasteiger partial charge >= 0.3 is 5.97 Å². The summed E-state index contributed by atoms with van der Waals surface area (Å²) in [5.74, 6) is 1.92. The lowest BCUT2D eigenvalue weighted by Gasteiger charge is -2.11. The van der Waals surface area contributed by atoms with E-state index in [1.54, 1.807) is 11.8 Å². The van der Waals surface area contributed by atoms with Crippen molar-refractivity contribution in [2.75, 3.05) is 19.5 Å². The van der Waals surface area contributed by atoms with E-state index in [2.05, 4.69) is 32.8 Å². The third kappa shape index (κ3) is 3.64. The number of thioether (sulfide) groups is 1. The maximum absolute atomic E-state index is 11.2. The highest BCUT2D eigenvalue weighted by atomic mass is 79.9. The van der Waals surface area contributed by atoms with Crippen LogP contribution in [0.25, 0.3) is 0 Å². The van der Waals surface area contributed by atoms with E-state index in [9.17, 15) is 4.79 Å². The third-order valence-electron chi connectivity index (χ3n) is 2.88. The van der Waals surface area contributed by atoms with Gasteiger partial charge in [-0.15, -0.1) is 0 Å². The molecule has 0 saturated carbocycles. The molecule has 0 aromatic heterocycles. The minimum absolute atomic E-state index is 0.372. The van der Waals surface area contributed by atoms with E-state index in [-0.39, 0.29) is 5.97 Å². The normalized spacial score (nSPS) is 14.7. The second-order valence-electron chi connectivity index (χ2n) is 4.30. The maximum Gasteiger partial charge on any atom is 0.323 e. The molecule has 0 fully saturated rings. The molecule has 19 heavy (non-hydrogen) atoms. The molecule has 1 aliphatic heterocycles. The summed E-state index contributed by atoms with van der Waals surface area (Å²) in [6.45, 7) is 0.741. The van der Waals surface area contributed by atoms with Gasteiger partial charge < -0.3 is 15.2 Å². The van der Waals surface area contributed by atoms with E-state index >= 15 is 0 Å². The smallest absolute Gasteiger partial charge is 0.323 e. The van der Waals surface area contributed by atoms with Gasteiger partial charge in [-0.25, -0.2) is 0 Å². The zero-order valence-corrected chi connectivity index (χ0v) is 13.1. The lowest BCUT2D eigenvalue weighted by atomic mass is 10.1. The van der Waals surface area contributed by atoms with Crippen molar-refractivity contribution in [1.29, 1.82) is 0 Å². The Bertz CT molecular complexity index is 481. The highest BCUT2D eigenvalue weighted by molar-refractivity contribution is 9.10. The molecule has 1 aromatic carbocycles. The molecule has 6 heteroatoms. The van der Waals surface area contributed by atoms with Crippen molar-refractivity contribution in [1.82, 2.24) is 0 Å². The molecule has 104 valence electrons. The standard InChI is InChI=1S/C13H16BrNO3S/c1-17-13(16)11(15)7-19-6-9-5-10(14)4-8-2-3-18-12(8)9/h4-5,11H,2-3,6-7,15H2,1H3. The molecule has 0 spiro atoms. The van der Waals surface area contributed by atoms with Crippen LogP contribution in [0.2, 0.25) is 0 Å². The molecule has 1 aromatic rings. The molecule has 1 unspecified atom stereocenters. The quantitative estimate of drug-likeness (QED) is 0.828. The monoisotopic (exact) mass is 345 g/mol. The number of carbonyl (C=O) groups excluding carboxylic acids is 1.